The van der Waals surface area contributed by atoms with Crippen LogP contribution in [-0.4, -0.2) is 31.5 Å². The van der Waals surface area contributed by atoms with Crippen molar-refractivity contribution in [2.24, 2.45) is 0 Å². The number of hydrogen-bond donors (Lipinski definition) is 1. The van der Waals surface area contributed by atoms with Crippen LogP contribution in [0.15, 0.2) is 39.7 Å². The Morgan fingerprint density at radius 2 is 1.92 bits per heavy atom. The van der Waals surface area contributed by atoms with Crippen molar-refractivity contribution in [2.45, 2.75) is 31.2 Å². The van der Waals surface area contributed by atoms with Crippen molar-refractivity contribution in [1.29, 1.82) is 0 Å². The summed E-state index contributed by atoms with van der Waals surface area (Å²) < 4.78 is 28.1. The van der Waals surface area contributed by atoms with E-state index in [0.717, 1.165) is 31.6 Å². The van der Waals surface area contributed by atoms with Crippen LogP contribution < -0.4 is 9.62 Å². The second-order valence-electron chi connectivity index (χ2n) is 5.75. The molecule has 6 nitrogen and oxygen atoms in total. The summed E-state index contributed by atoms with van der Waals surface area (Å²) in [5.74, 6) is 0.683. The van der Waals surface area contributed by atoms with E-state index in [4.69, 9.17) is 0 Å². The summed E-state index contributed by atoms with van der Waals surface area (Å²) in [4.78, 5) is 11.3. The Morgan fingerprint density at radius 1 is 1.21 bits per heavy atom. The van der Waals surface area contributed by atoms with Gasteiger partial charge in [0.2, 0.25) is 16.0 Å². The molecule has 0 bridgehead atoms. The highest BCUT2D eigenvalue weighted by Crippen LogP contribution is 2.21. The van der Waals surface area contributed by atoms with Gasteiger partial charge in [0.15, 0.2) is 0 Å². The molecule has 128 valence electrons. The zero-order valence-electron chi connectivity index (χ0n) is 13.4. The van der Waals surface area contributed by atoms with Crippen LogP contribution in [0, 0.1) is 6.92 Å². The van der Waals surface area contributed by atoms with Crippen LogP contribution in [0.3, 0.4) is 0 Å². The number of aryl methyl sites for hydroxylation is 1. The fraction of sp³-hybridized carbons (Fsp3) is 0.375. The molecule has 0 amide bonds. The fourth-order valence-corrected chi connectivity index (χ4v) is 4.68. The van der Waals surface area contributed by atoms with Gasteiger partial charge in [0.05, 0.1) is 17.1 Å². The van der Waals surface area contributed by atoms with Crippen LogP contribution >= 0.6 is 15.9 Å². The summed E-state index contributed by atoms with van der Waals surface area (Å²) in [6.45, 7) is 3.93. The van der Waals surface area contributed by atoms with Crippen LogP contribution in [0.2, 0.25) is 0 Å². The van der Waals surface area contributed by atoms with E-state index in [1.807, 2.05) is 13.0 Å². The first kappa shape index (κ1) is 17.3. The summed E-state index contributed by atoms with van der Waals surface area (Å²) in [7, 11) is -3.60. The van der Waals surface area contributed by atoms with E-state index in [0.29, 0.717) is 16.1 Å². The Balaban J connectivity index is 1.78. The van der Waals surface area contributed by atoms with E-state index < -0.39 is 10.0 Å². The maximum absolute atomic E-state index is 12.5. The van der Waals surface area contributed by atoms with Crippen molar-refractivity contribution in [3.8, 4) is 0 Å². The molecule has 2 heterocycles. The molecule has 1 aliphatic heterocycles. The van der Waals surface area contributed by atoms with Gasteiger partial charge in [-0.15, -0.1) is 0 Å². The number of halogens is 1. The zero-order valence-corrected chi connectivity index (χ0v) is 15.8. The molecule has 1 fully saturated rings. The van der Waals surface area contributed by atoms with E-state index in [2.05, 4.69) is 35.5 Å². The average Bonchev–Trinajstić information content (AvgIpc) is 3.07. The number of aromatic nitrogens is 2. The molecule has 2 aromatic rings. The summed E-state index contributed by atoms with van der Waals surface area (Å²) in [6.07, 6.45) is 2.28. The number of hydrogen-bond acceptors (Lipinski definition) is 5. The molecular weight excluding hydrogens is 392 g/mol. The van der Waals surface area contributed by atoms with Crippen molar-refractivity contribution < 1.29 is 8.42 Å². The van der Waals surface area contributed by atoms with Gasteiger partial charge >= 0.3 is 0 Å². The van der Waals surface area contributed by atoms with Crippen LogP contribution in [0.5, 0.6) is 0 Å². The number of rotatable bonds is 5. The Bertz CT molecular complexity index is 836. The molecule has 1 aliphatic rings. The molecule has 0 spiro atoms. The lowest BCUT2D eigenvalue weighted by molar-refractivity contribution is 0.579. The van der Waals surface area contributed by atoms with E-state index >= 15 is 0 Å². The van der Waals surface area contributed by atoms with E-state index in [-0.39, 0.29) is 11.4 Å². The molecular formula is C16H19BrN4O2S. The van der Waals surface area contributed by atoms with Crippen molar-refractivity contribution >= 4 is 31.9 Å². The first-order valence-electron chi connectivity index (χ1n) is 7.79. The predicted molar refractivity (Wildman–Crippen MR) is 96.4 cm³/mol. The predicted octanol–water partition coefficient (Wildman–Crippen LogP) is 2.63. The number of sulfonamides is 1. The normalized spacial score (nSPS) is 15.0. The van der Waals surface area contributed by atoms with E-state index in [1.165, 1.54) is 0 Å². The molecule has 24 heavy (non-hydrogen) atoms. The van der Waals surface area contributed by atoms with Gasteiger partial charge < -0.3 is 4.90 Å². The van der Waals surface area contributed by atoms with Gasteiger partial charge in [-0.05, 0) is 53.9 Å². The van der Waals surface area contributed by atoms with Gasteiger partial charge in [-0.2, -0.15) is 0 Å². The summed E-state index contributed by atoms with van der Waals surface area (Å²) in [5, 5.41) is 0. The fourth-order valence-electron chi connectivity index (χ4n) is 2.68. The van der Waals surface area contributed by atoms with Gasteiger partial charge in [0.25, 0.3) is 0 Å². The Labute approximate surface area is 150 Å². The van der Waals surface area contributed by atoms with Gasteiger partial charge in [-0.1, -0.05) is 12.1 Å². The minimum Gasteiger partial charge on any atom is -0.341 e. The summed E-state index contributed by atoms with van der Waals surface area (Å²) in [5.41, 5.74) is 1.50. The third kappa shape index (κ3) is 3.93. The van der Waals surface area contributed by atoms with Gasteiger partial charge in [-0.3, -0.25) is 0 Å². The Morgan fingerprint density at radius 3 is 2.62 bits per heavy atom. The highest BCUT2D eigenvalue weighted by molar-refractivity contribution is 9.10. The smallest absolute Gasteiger partial charge is 0.242 e. The number of anilines is 1. The molecule has 1 aromatic carbocycles. The van der Waals surface area contributed by atoms with Crippen LogP contribution in [0.25, 0.3) is 0 Å². The molecule has 3 rings (SSSR count). The lowest BCUT2D eigenvalue weighted by Crippen LogP contribution is -2.26. The number of nitrogens with zero attached hydrogens (tertiary/aromatic N) is 3. The van der Waals surface area contributed by atoms with E-state index in [9.17, 15) is 8.42 Å². The van der Waals surface area contributed by atoms with Crippen molar-refractivity contribution in [3.05, 3.63) is 46.2 Å². The molecule has 1 N–H and O–H groups in total. The lowest BCUT2D eigenvalue weighted by Gasteiger charge is -2.16. The largest absolute Gasteiger partial charge is 0.341 e. The van der Waals surface area contributed by atoms with Gasteiger partial charge in [0.1, 0.15) is 0 Å². The number of benzene rings is 1. The topological polar surface area (TPSA) is 75.2 Å². The molecule has 1 aromatic heterocycles. The maximum Gasteiger partial charge on any atom is 0.242 e. The standard InChI is InChI=1S/C16H19BrN4O2S/c1-12-10-13(20-16(19-12)21-8-4-5-9-21)11-18-24(22,23)15-7-3-2-6-14(15)17/h2-3,6-7,10,18H,4-5,8-9,11H2,1H3. The number of nitrogens with one attached hydrogen (secondary N) is 1. The third-order valence-electron chi connectivity index (χ3n) is 3.85. The monoisotopic (exact) mass is 410 g/mol. The molecule has 0 unspecified atom stereocenters. The third-order valence-corrected chi connectivity index (χ3v) is 6.27. The summed E-state index contributed by atoms with van der Waals surface area (Å²) in [6, 6.07) is 8.54. The van der Waals surface area contributed by atoms with Gasteiger partial charge in [-0.25, -0.2) is 23.1 Å². The average molecular weight is 411 g/mol. The van der Waals surface area contributed by atoms with Crippen molar-refractivity contribution in [3.63, 3.8) is 0 Å². The second-order valence-corrected chi connectivity index (χ2v) is 8.34. The zero-order chi connectivity index (χ0) is 17.2. The summed E-state index contributed by atoms with van der Waals surface area (Å²) >= 11 is 3.27. The quantitative estimate of drug-likeness (QED) is 0.819. The van der Waals surface area contributed by atoms with Gasteiger partial charge in [0, 0.05) is 23.3 Å². The molecule has 0 radical (unpaired) electrons. The Kier molecular flexibility index (Phi) is 5.17. The minimum absolute atomic E-state index is 0.133. The highest BCUT2D eigenvalue weighted by atomic mass is 79.9. The van der Waals surface area contributed by atoms with Crippen LogP contribution in [-0.2, 0) is 16.6 Å². The minimum atomic E-state index is -3.60. The van der Waals surface area contributed by atoms with Crippen LogP contribution in [0.1, 0.15) is 24.2 Å². The highest BCUT2D eigenvalue weighted by Gasteiger charge is 2.19. The molecule has 0 atom stereocenters. The first-order chi connectivity index (χ1) is 11.5. The SMILES string of the molecule is Cc1cc(CNS(=O)(=O)c2ccccc2Br)nc(N2CCCC2)n1. The Hall–Kier alpha value is -1.51. The molecule has 0 saturated carbocycles. The first-order valence-corrected chi connectivity index (χ1v) is 10.1. The lowest BCUT2D eigenvalue weighted by atomic mass is 10.3. The molecule has 1 saturated heterocycles. The molecule has 8 heteroatoms. The van der Waals surface area contributed by atoms with Crippen LogP contribution in [0.4, 0.5) is 5.95 Å². The second kappa shape index (κ2) is 7.16. The van der Waals surface area contributed by atoms with E-state index in [1.54, 1.807) is 24.3 Å². The van der Waals surface area contributed by atoms with Crippen molar-refractivity contribution in [1.82, 2.24) is 14.7 Å². The maximum atomic E-state index is 12.5. The van der Waals surface area contributed by atoms with Crippen molar-refractivity contribution in [2.75, 3.05) is 18.0 Å². The molecule has 0 aliphatic carbocycles.